The summed E-state index contributed by atoms with van der Waals surface area (Å²) in [5, 5.41) is 0. The van der Waals surface area contributed by atoms with Gasteiger partial charge in [-0.05, 0) is 12.3 Å². The predicted octanol–water partition coefficient (Wildman–Crippen LogP) is 2.33. The van der Waals surface area contributed by atoms with Crippen molar-refractivity contribution in [2.75, 3.05) is 19.6 Å². The largest absolute Gasteiger partial charge is 0.340 e. The molecule has 4 heteroatoms. The average Bonchev–Trinajstić information content (AvgIpc) is 2.46. The van der Waals surface area contributed by atoms with Crippen molar-refractivity contribution in [1.29, 1.82) is 0 Å². The van der Waals surface area contributed by atoms with Crippen molar-refractivity contribution in [3.05, 3.63) is 24.0 Å². The average molecular weight is 288 g/mol. The van der Waals surface area contributed by atoms with Gasteiger partial charge in [-0.1, -0.05) is 38.8 Å². The molecule has 0 aromatic heterocycles. The first-order chi connectivity index (χ1) is 10.0. The van der Waals surface area contributed by atoms with Gasteiger partial charge in [0.2, 0.25) is 0 Å². The maximum atomic E-state index is 11.9. The van der Waals surface area contributed by atoms with Gasteiger partial charge < -0.3 is 9.80 Å². The molecular formula is C17H24N2O2. The summed E-state index contributed by atoms with van der Waals surface area (Å²) in [5.74, 6) is 5.28. The molecule has 1 amide bonds. The lowest BCUT2D eigenvalue weighted by atomic mass is 10.1. The summed E-state index contributed by atoms with van der Waals surface area (Å²) in [6.07, 6.45) is 4.49. The Morgan fingerprint density at radius 3 is 2.57 bits per heavy atom. The van der Waals surface area contributed by atoms with Gasteiger partial charge >= 0.3 is 0 Å². The molecule has 0 spiro atoms. The molecule has 4 nitrogen and oxygen atoms in total. The van der Waals surface area contributed by atoms with Crippen LogP contribution in [0.15, 0.2) is 24.0 Å². The number of carbonyl (C=O) groups excluding carboxylic acids is 2. The number of unbranched alkanes of at least 4 members (excludes halogenated alkanes) is 1. The lowest BCUT2D eigenvalue weighted by molar-refractivity contribution is -0.125. The van der Waals surface area contributed by atoms with Crippen molar-refractivity contribution in [3.63, 3.8) is 0 Å². The number of Topliss-reactive ketones (excluding diaryl/α,β-unsaturated/α-hetero) is 1. The van der Waals surface area contributed by atoms with E-state index in [9.17, 15) is 9.59 Å². The summed E-state index contributed by atoms with van der Waals surface area (Å²) in [6, 6.07) is 0. The van der Waals surface area contributed by atoms with Gasteiger partial charge in [0.15, 0.2) is 5.78 Å². The Labute approximate surface area is 127 Å². The van der Waals surface area contributed by atoms with Gasteiger partial charge in [0.05, 0.1) is 12.2 Å². The van der Waals surface area contributed by atoms with E-state index in [2.05, 4.69) is 25.3 Å². The van der Waals surface area contributed by atoms with Crippen LogP contribution in [0.25, 0.3) is 0 Å². The summed E-state index contributed by atoms with van der Waals surface area (Å²) < 4.78 is 0. The van der Waals surface area contributed by atoms with Crippen LogP contribution in [-0.2, 0) is 9.59 Å². The third kappa shape index (κ3) is 4.78. The summed E-state index contributed by atoms with van der Waals surface area (Å²) in [6.45, 7) is 11.1. The third-order valence-electron chi connectivity index (χ3n) is 3.29. The van der Waals surface area contributed by atoms with Crippen molar-refractivity contribution in [2.45, 2.75) is 40.0 Å². The number of hydrogen-bond donors (Lipinski definition) is 0. The maximum Gasteiger partial charge on any atom is 0.298 e. The zero-order valence-corrected chi connectivity index (χ0v) is 13.2. The van der Waals surface area contributed by atoms with E-state index in [-0.39, 0.29) is 11.7 Å². The van der Waals surface area contributed by atoms with Crippen molar-refractivity contribution in [3.8, 4) is 11.8 Å². The highest BCUT2D eigenvalue weighted by Crippen LogP contribution is 2.19. The fourth-order valence-corrected chi connectivity index (χ4v) is 2.20. The molecule has 0 saturated carbocycles. The molecule has 114 valence electrons. The van der Waals surface area contributed by atoms with Gasteiger partial charge in [0.1, 0.15) is 0 Å². The second kappa shape index (κ2) is 8.31. The van der Waals surface area contributed by atoms with Gasteiger partial charge in [0, 0.05) is 32.1 Å². The van der Waals surface area contributed by atoms with E-state index >= 15 is 0 Å². The standard InChI is InChI=1S/C17H24N2O2/c1-5-7-9-16(15(4)20)19-12-11-18(13-14(19)3)17(21)10-8-6-2/h9H,3,5-7,11-13H2,1-2,4H3/b16-9-. The van der Waals surface area contributed by atoms with Gasteiger partial charge in [-0.25, -0.2) is 0 Å². The molecule has 0 bridgehead atoms. The number of ketones is 1. The van der Waals surface area contributed by atoms with Crippen molar-refractivity contribution in [1.82, 2.24) is 9.80 Å². The van der Waals surface area contributed by atoms with Crippen LogP contribution in [0.2, 0.25) is 0 Å². The minimum atomic E-state index is -0.167. The molecule has 1 aliphatic heterocycles. The molecule has 0 atom stereocenters. The molecule has 0 aromatic rings. The molecule has 1 heterocycles. The Bertz CT molecular complexity index is 509. The minimum Gasteiger partial charge on any atom is -0.340 e. The topological polar surface area (TPSA) is 40.6 Å². The second-order valence-corrected chi connectivity index (χ2v) is 5.03. The number of rotatable bonds is 4. The third-order valence-corrected chi connectivity index (χ3v) is 3.29. The predicted molar refractivity (Wildman–Crippen MR) is 84.2 cm³/mol. The zero-order chi connectivity index (χ0) is 15.8. The highest BCUT2D eigenvalue weighted by molar-refractivity contribution is 5.94. The van der Waals surface area contributed by atoms with Crippen LogP contribution in [0.1, 0.15) is 40.0 Å². The van der Waals surface area contributed by atoms with Crippen molar-refractivity contribution < 1.29 is 9.59 Å². The lowest BCUT2D eigenvalue weighted by Gasteiger charge is -2.37. The van der Waals surface area contributed by atoms with Crippen LogP contribution in [0, 0.1) is 11.8 Å². The Kier molecular flexibility index (Phi) is 6.74. The van der Waals surface area contributed by atoms with E-state index in [4.69, 9.17) is 0 Å². The quantitative estimate of drug-likeness (QED) is 0.589. The number of allylic oxidation sites excluding steroid dienone is 2. The Balaban J connectivity index is 2.78. The lowest BCUT2D eigenvalue weighted by Crippen LogP contribution is -2.47. The number of amides is 1. The SMILES string of the molecule is C=C1CN(C(=O)C#CCC)CCN1/C(=C\CCC)C(C)=O. The van der Waals surface area contributed by atoms with Crippen LogP contribution < -0.4 is 0 Å². The minimum absolute atomic E-state index is 0.0372. The molecule has 0 radical (unpaired) electrons. The first-order valence-corrected chi connectivity index (χ1v) is 7.45. The number of piperazine rings is 1. The first-order valence-electron chi connectivity index (χ1n) is 7.45. The van der Waals surface area contributed by atoms with E-state index in [0.717, 1.165) is 18.5 Å². The highest BCUT2D eigenvalue weighted by atomic mass is 16.2. The number of nitrogens with zero attached hydrogens (tertiary/aromatic N) is 2. The van der Waals surface area contributed by atoms with Gasteiger partial charge in [-0.15, -0.1) is 0 Å². The molecule has 21 heavy (non-hydrogen) atoms. The van der Waals surface area contributed by atoms with Gasteiger partial charge in [-0.3, -0.25) is 9.59 Å². The molecule has 1 saturated heterocycles. The highest BCUT2D eigenvalue weighted by Gasteiger charge is 2.25. The van der Waals surface area contributed by atoms with Crippen LogP contribution in [-0.4, -0.2) is 41.1 Å². The summed E-state index contributed by atoms with van der Waals surface area (Å²) in [7, 11) is 0. The molecule has 0 aliphatic carbocycles. The van der Waals surface area contributed by atoms with E-state index in [1.807, 2.05) is 17.9 Å². The van der Waals surface area contributed by atoms with Gasteiger partial charge in [0.25, 0.3) is 5.91 Å². The Hall–Kier alpha value is -2.02. The fraction of sp³-hybridized carbons (Fsp3) is 0.529. The molecule has 0 unspecified atom stereocenters. The smallest absolute Gasteiger partial charge is 0.298 e. The summed E-state index contributed by atoms with van der Waals surface area (Å²) in [4.78, 5) is 27.3. The normalized spacial score (nSPS) is 15.6. The molecular weight excluding hydrogens is 264 g/mol. The van der Waals surface area contributed by atoms with Crippen LogP contribution in [0.4, 0.5) is 0 Å². The summed E-state index contributed by atoms with van der Waals surface area (Å²) >= 11 is 0. The molecule has 1 aliphatic rings. The van der Waals surface area contributed by atoms with E-state index in [0.29, 0.717) is 31.8 Å². The summed E-state index contributed by atoms with van der Waals surface area (Å²) in [5.41, 5.74) is 1.46. The van der Waals surface area contributed by atoms with Crippen LogP contribution in [0.5, 0.6) is 0 Å². The monoisotopic (exact) mass is 288 g/mol. The molecule has 1 fully saturated rings. The molecule has 1 rings (SSSR count). The molecule has 0 aromatic carbocycles. The van der Waals surface area contributed by atoms with Crippen molar-refractivity contribution in [2.24, 2.45) is 0 Å². The number of carbonyl (C=O) groups is 2. The van der Waals surface area contributed by atoms with Crippen LogP contribution >= 0.6 is 0 Å². The maximum absolute atomic E-state index is 11.9. The zero-order valence-electron chi connectivity index (χ0n) is 13.2. The van der Waals surface area contributed by atoms with E-state index in [1.54, 1.807) is 11.8 Å². The Morgan fingerprint density at radius 1 is 1.33 bits per heavy atom. The van der Waals surface area contributed by atoms with Crippen LogP contribution in [0.3, 0.4) is 0 Å². The Morgan fingerprint density at radius 2 is 2.05 bits per heavy atom. The van der Waals surface area contributed by atoms with E-state index in [1.165, 1.54) is 0 Å². The fourth-order valence-electron chi connectivity index (χ4n) is 2.20. The van der Waals surface area contributed by atoms with Gasteiger partial charge in [-0.2, -0.15) is 0 Å². The number of hydrogen-bond acceptors (Lipinski definition) is 3. The van der Waals surface area contributed by atoms with E-state index < -0.39 is 0 Å². The van der Waals surface area contributed by atoms with Crippen molar-refractivity contribution >= 4 is 11.7 Å². The first kappa shape index (κ1) is 17.0. The second-order valence-electron chi connectivity index (χ2n) is 5.03. The molecule has 0 N–H and O–H groups in total.